The Kier molecular flexibility index (Phi) is 4.17. The number of fused-ring (bicyclic) bond motifs is 1. The molecule has 1 heterocycles. The van der Waals surface area contributed by atoms with E-state index < -0.39 is 29.5 Å². The molecule has 3 nitrogen and oxygen atoms in total. The van der Waals surface area contributed by atoms with E-state index in [4.69, 9.17) is 0 Å². The molecule has 1 atom stereocenters. The van der Waals surface area contributed by atoms with Gasteiger partial charge >= 0.3 is 6.18 Å². The van der Waals surface area contributed by atoms with Gasteiger partial charge in [-0.1, -0.05) is 18.2 Å². The van der Waals surface area contributed by atoms with Crippen molar-refractivity contribution in [2.24, 2.45) is 0 Å². The second-order valence-corrected chi connectivity index (χ2v) is 5.58. The summed E-state index contributed by atoms with van der Waals surface area (Å²) < 4.78 is 52.0. The van der Waals surface area contributed by atoms with E-state index >= 15 is 0 Å². The highest BCUT2D eigenvalue weighted by Crippen LogP contribution is 2.32. The van der Waals surface area contributed by atoms with Crippen molar-refractivity contribution < 1.29 is 22.4 Å². The van der Waals surface area contributed by atoms with Gasteiger partial charge in [-0.2, -0.15) is 13.2 Å². The SMILES string of the molecule is O=C(NCc1ccccc1C(F)(F)F)C1Cc2cc(F)ccc2N1. The van der Waals surface area contributed by atoms with Gasteiger partial charge in [-0.15, -0.1) is 0 Å². The molecule has 3 rings (SSSR count). The van der Waals surface area contributed by atoms with Crippen LogP contribution in [0, 0.1) is 5.82 Å². The predicted molar refractivity (Wildman–Crippen MR) is 80.8 cm³/mol. The lowest BCUT2D eigenvalue weighted by molar-refractivity contribution is -0.138. The summed E-state index contributed by atoms with van der Waals surface area (Å²) >= 11 is 0. The minimum atomic E-state index is -4.47. The van der Waals surface area contributed by atoms with Crippen molar-refractivity contribution in [1.82, 2.24) is 5.32 Å². The molecule has 0 bridgehead atoms. The van der Waals surface area contributed by atoms with E-state index in [0.717, 1.165) is 6.07 Å². The van der Waals surface area contributed by atoms with E-state index in [1.165, 1.54) is 36.4 Å². The van der Waals surface area contributed by atoms with Crippen molar-refractivity contribution in [3.63, 3.8) is 0 Å². The van der Waals surface area contributed by atoms with Crippen LogP contribution in [0.1, 0.15) is 16.7 Å². The number of carbonyl (C=O) groups is 1. The van der Waals surface area contributed by atoms with Crippen molar-refractivity contribution >= 4 is 11.6 Å². The first-order chi connectivity index (χ1) is 11.3. The molecular weight excluding hydrogens is 324 g/mol. The third-order valence-corrected chi connectivity index (χ3v) is 3.91. The summed E-state index contributed by atoms with van der Waals surface area (Å²) in [6, 6.07) is 8.64. The van der Waals surface area contributed by atoms with Gasteiger partial charge in [0, 0.05) is 18.7 Å². The summed E-state index contributed by atoms with van der Waals surface area (Å²) in [4.78, 5) is 12.2. The molecule has 1 aliphatic heterocycles. The third-order valence-electron chi connectivity index (χ3n) is 3.91. The Balaban J connectivity index is 1.66. The van der Waals surface area contributed by atoms with E-state index in [1.54, 1.807) is 0 Å². The summed E-state index contributed by atoms with van der Waals surface area (Å²) in [5.74, 6) is -0.820. The molecule has 2 N–H and O–H groups in total. The first-order valence-corrected chi connectivity index (χ1v) is 7.32. The van der Waals surface area contributed by atoms with Gasteiger partial charge in [0.25, 0.3) is 0 Å². The molecule has 2 aromatic carbocycles. The van der Waals surface area contributed by atoms with Crippen LogP contribution < -0.4 is 10.6 Å². The number of rotatable bonds is 3. The molecule has 0 aliphatic carbocycles. The molecule has 0 aromatic heterocycles. The zero-order valence-corrected chi connectivity index (χ0v) is 12.5. The largest absolute Gasteiger partial charge is 0.416 e. The van der Waals surface area contributed by atoms with E-state index in [1.807, 2.05) is 0 Å². The van der Waals surface area contributed by atoms with Crippen molar-refractivity contribution in [3.05, 3.63) is 65.0 Å². The number of carbonyl (C=O) groups excluding carboxylic acids is 1. The summed E-state index contributed by atoms with van der Waals surface area (Å²) in [7, 11) is 0. The molecule has 0 saturated heterocycles. The first kappa shape index (κ1) is 16.3. The molecule has 126 valence electrons. The van der Waals surface area contributed by atoms with Crippen LogP contribution in [-0.2, 0) is 23.9 Å². The van der Waals surface area contributed by atoms with E-state index in [0.29, 0.717) is 17.7 Å². The predicted octanol–water partition coefficient (Wildman–Crippen LogP) is 3.50. The van der Waals surface area contributed by atoms with Crippen molar-refractivity contribution in [3.8, 4) is 0 Å². The lowest BCUT2D eigenvalue weighted by Gasteiger charge is -2.15. The maximum Gasteiger partial charge on any atom is 0.416 e. The smallest absolute Gasteiger partial charge is 0.373 e. The van der Waals surface area contributed by atoms with Crippen LogP contribution in [0.3, 0.4) is 0 Å². The second-order valence-electron chi connectivity index (χ2n) is 5.58. The summed E-state index contributed by atoms with van der Waals surface area (Å²) in [6.45, 7) is -0.225. The fraction of sp³-hybridized carbons (Fsp3) is 0.235. The number of hydrogen-bond donors (Lipinski definition) is 2. The highest BCUT2D eigenvalue weighted by Gasteiger charge is 2.33. The van der Waals surface area contributed by atoms with Gasteiger partial charge in [-0.05, 0) is 35.4 Å². The van der Waals surface area contributed by atoms with Crippen molar-refractivity contribution in [2.75, 3.05) is 5.32 Å². The number of hydrogen-bond acceptors (Lipinski definition) is 2. The molecule has 0 saturated carbocycles. The molecule has 1 unspecified atom stereocenters. The lowest BCUT2D eigenvalue weighted by Crippen LogP contribution is -2.38. The number of amides is 1. The minimum absolute atomic E-state index is 0.0000874. The molecule has 1 aliphatic rings. The summed E-state index contributed by atoms with van der Waals surface area (Å²) in [6.07, 6.45) is -4.18. The van der Waals surface area contributed by atoms with Crippen LogP contribution in [0.25, 0.3) is 0 Å². The van der Waals surface area contributed by atoms with Gasteiger partial charge in [0.05, 0.1) is 5.56 Å². The van der Waals surface area contributed by atoms with Crippen LogP contribution in [0.15, 0.2) is 42.5 Å². The van der Waals surface area contributed by atoms with Crippen LogP contribution in [-0.4, -0.2) is 11.9 Å². The normalized spacial score (nSPS) is 16.4. The zero-order valence-electron chi connectivity index (χ0n) is 12.5. The number of nitrogens with one attached hydrogen (secondary N) is 2. The maximum absolute atomic E-state index is 13.2. The monoisotopic (exact) mass is 338 g/mol. The van der Waals surface area contributed by atoms with Crippen LogP contribution >= 0.6 is 0 Å². The number of halogens is 4. The quantitative estimate of drug-likeness (QED) is 0.841. The number of anilines is 1. The van der Waals surface area contributed by atoms with Gasteiger partial charge in [-0.25, -0.2) is 4.39 Å². The van der Waals surface area contributed by atoms with E-state index in [-0.39, 0.29) is 12.1 Å². The van der Waals surface area contributed by atoms with Crippen LogP contribution in [0.4, 0.5) is 23.2 Å². The molecule has 0 fully saturated rings. The Bertz CT molecular complexity index is 773. The Morgan fingerprint density at radius 2 is 1.96 bits per heavy atom. The second kappa shape index (κ2) is 6.14. The van der Waals surface area contributed by atoms with E-state index in [9.17, 15) is 22.4 Å². The lowest BCUT2D eigenvalue weighted by atomic mass is 10.1. The van der Waals surface area contributed by atoms with Gasteiger partial charge in [0.2, 0.25) is 5.91 Å². The average Bonchev–Trinajstić information content (AvgIpc) is 2.95. The Morgan fingerprint density at radius 1 is 1.21 bits per heavy atom. The molecule has 0 spiro atoms. The number of alkyl halides is 3. The maximum atomic E-state index is 13.2. The topological polar surface area (TPSA) is 41.1 Å². The Morgan fingerprint density at radius 3 is 2.71 bits per heavy atom. The highest BCUT2D eigenvalue weighted by molar-refractivity contribution is 5.87. The third kappa shape index (κ3) is 3.34. The first-order valence-electron chi connectivity index (χ1n) is 7.32. The fourth-order valence-electron chi connectivity index (χ4n) is 2.75. The highest BCUT2D eigenvalue weighted by atomic mass is 19.4. The van der Waals surface area contributed by atoms with Crippen molar-refractivity contribution in [1.29, 1.82) is 0 Å². The summed E-state index contributed by atoms with van der Waals surface area (Å²) in [5.41, 5.74) is 0.563. The van der Waals surface area contributed by atoms with Gasteiger partial charge in [0.1, 0.15) is 11.9 Å². The Hall–Kier alpha value is -2.57. The minimum Gasteiger partial charge on any atom is -0.373 e. The van der Waals surface area contributed by atoms with Gasteiger partial charge in [-0.3, -0.25) is 4.79 Å². The molecule has 2 aromatic rings. The average molecular weight is 338 g/mol. The number of benzene rings is 2. The van der Waals surface area contributed by atoms with E-state index in [2.05, 4.69) is 10.6 Å². The molecule has 0 radical (unpaired) electrons. The standard InChI is InChI=1S/C17H14F4N2O/c18-12-5-6-14-11(7-12)8-15(23-14)16(24)22-9-10-3-1-2-4-13(10)17(19,20)21/h1-7,15,23H,8-9H2,(H,22,24). The molecule has 24 heavy (non-hydrogen) atoms. The molecule has 1 amide bonds. The fourth-order valence-corrected chi connectivity index (χ4v) is 2.75. The van der Waals surface area contributed by atoms with Crippen LogP contribution in [0.2, 0.25) is 0 Å². The van der Waals surface area contributed by atoms with Gasteiger partial charge in [0.15, 0.2) is 0 Å². The zero-order chi connectivity index (χ0) is 17.3. The molecule has 7 heteroatoms. The van der Waals surface area contributed by atoms with Crippen LogP contribution in [0.5, 0.6) is 0 Å². The van der Waals surface area contributed by atoms with Crippen molar-refractivity contribution in [2.45, 2.75) is 25.2 Å². The summed E-state index contributed by atoms with van der Waals surface area (Å²) in [5, 5.41) is 5.45. The van der Waals surface area contributed by atoms with Gasteiger partial charge < -0.3 is 10.6 Å². The Labute approximate surface area is 135 Å². The molecular formula is C17H14F4N2O.